The fourth-order valence-electron chi connectivity index (χ4n) is 8.80. The molecule has 0 amide bonds. The van der Waals surface area contributed by atoms with Gasteiger partial charge < -0.3 is 4.40 Å². The number of para-hydroxylation sites is 2. The zero-order valence-corrected chi connectivity index (χ0v) is 26.8. The fraction of sp³-hybridized carbons (Fsp3) is 0. The molecule has 4 heteroatoms. The zero-order valence-electron chi connectivity index (χ0n) is 26.8. The minimum atomic E-state index is 0.670. The molecule has 4 aromatic heterocycles. The number of fused-ring (bicyclic) bond motifs is 15. The maximum atomic E-state index is 5.49. The second-order valence-corrected chi connectivity index (χ2v) is 13.3. The van der Waals surface area contributed by atoms with E-state index in [0.717, 1.165) is 38.6 Å². The summed E-state index contributed by atoms with van der Waals surface area (Å²) in [7, 11) is 0. The van der Waals surface area contributed by atoms with Gasteiger partial charge in [0.25, 0.3) is 0 Å². The van der Waals surface area contributed by atoms with Gasteiger partial charge in [-0.15, -0.1) is 0 Å². The highest BCUT2D eigenvalue weighted by atomic mass is 15.2. The average Bonchev–Trinajstić information content (AvgIpc) is 3.83. The highest BCUT2D eigenvalue weighted by Crippen LogP contribution is 2.46. The molecule has 8 aromatic carbocycles. The number of hydrogen-bond donors (Lipinski definition) is 0. The van der Waals surface area contributed by atoms with Crippen LogP contribution in [0.5, 0.6) is 0 Å². The van der Waals surface area contributed by atoms with Crippen LogP contribution in [0, 0.1) is 0 Å². The van der Waals surface area contributed by atoms with Gasteiger partial charge in [-0.3, -0.25) is 4.57 Å². The Morgan fingerprint density at radius 2 is 0.960 bits per heavy atom. The van der Waals surface area contributed by atoms with Crippen molar-refractivity contribution in [1.29, 1.82) is 0 Å². The quantitative estimate of drug-likeness (QED) is 0.177. The SMILES string of the molecule is c1ccc(-c2nc(-n3c4ccc5ccccc5c4c4c5c6cccc7c8ccccc8n(c5ccc43)c76)nc3ccc4ccccc4c23)cc1. The van der Waals surface area contributed by atoms with Crippen molar-refractivity contribution in [2.45, 2.75) is 0 Å². The van der Waals surface area contributed by atoms with Gasteiger partial charge in [-0.1, -0.05) is 127 Å². The van der Waals surface area contributed by atoms with Gasteiger partial charge in [0.05, 0.1) is 38.8 Å². The molecule has 0 bridgehead atoms. The van der Waals surface area contributed by atoms with Crippen molar-refractivity contribution in [2.75, 3.05) is 0 Å². The van der Waals surface area contributed by atoms with Crippen molar-refractivity contribution in [3.8, 4) is 17.2 Å². The van der Waals surface area contributed by atoms with Crippen LogP contribution in [-0.4, -0.2) is 18.9 Å². The molecule has 4 heterocycles. The van der Waals surface area contributed by atoms with Crippen LogP contribution in [0.2, 0.25) is 0 Å². The molecular weight excluding hydrogens is 609 g/mol. The summed E-state index contributed by atoms with van der Waals surface area (Å²) >= 11 is 0. The summed E-state index contributed by atoms with van der Waals surface area (Å²) in [5, 5.41) is 13.4. The van der Waals surface area contributed by atoms with Crippen LogP contribution in [-0.2, 0) is 0 Å². The van der Waals surface area contributed by atoms with Gasteiger partial charge in [-0.25, -0.2) is 9.97 Å². The van der Waals surface area contributed by atoms with Crippen molar-refractivity contribution < 1.29 is 0 Å². The van der Waals surface area contributed by atoms with E-state index in [1.165, 1.54) is 65.0 Å². The molecule has 0 aliphatic carbocycles. The highest BCUT2D eigenvalue weighted by molar-refractivity contribution is 6.35. The molecule has 0 aliphatic rings. The van der Waals surface area contributed by atoms with E-state index in [2.05, 4.69) is 167 Å². The maximum Gasteiger partial charge on any atom is 0.235 e. The fourth-order valence-corrected chi connectivity index (χ4v) is 8.80. The largest absolute Gasteiger partial charge is 0.308 e. The molecule has 12 aromatic rings. The Balaban J connectivity index is 1.30. The third kappa shape index (κ3) is 3.25. The van der Waals surface area contributed by atoms with Crippen LogP contribution in [0.1, 0.15) is 0 Å². The Kier molecular flexibility index (Phi) is 4.94. The second kappa shape index (κ2) is 9.43. The van der Waals surface area contributed by atoms with Gasteiger partial charge in [0.2, 0.25) is 5.95 Å². The number of benzene rings is 8. The lowest BCUT2D eigenvalue weighted by Gasteiger charge is -2.13. The Morgan fingerprint density at radius 1 is 0.360 bits per heavy atom. The topological polar surface area (TPSA) is 35.1 Å². The van der Waals surface area contributed by atoms with Gasteiger partial charge in [0.15, 0.2) is 0 Å². The smallest absolute Gasteiger partial charge is 0.235 e. The third-order valence-corrected chi connectivity index (χ3v) is 10.8. The van der Waals surface area contributed by atoms with Crippen LogP contribution >= 0.6 is 0 Å². The Hall–Kier alpha value is -6.78. The number of hydrogen-bond acceptors (Lipinski definition) is 2. The molecule has 0 atom stereocenters. The number of nitrogens with zero attached hydrogens (tertiary/aromatic N) is 4. The lowest BCUT2D eigenvalue weighted by molar-refractivity contribution is 1.01. The maximum absolute atomic E-state index is 5.49. The van der Waals surface area contributed by atoms with E-state index < -0.39 is 0 Å². The van der Waals surface area contributed by atoms with Gasteiger partial charge in [-0.2, -0.15) is 0 Å². The van der Waals surface area contributed by atoms with Crippen molar-refractivity contribution in [1.82, 2.24) is 18.9 Å². The molecule has 0 unspecified atom stereocenters. The molecule has 0 aliphatic heterocycles. The first-order valence-electron chi connectivity index (χ1n) is 17.1. The van der Waals surface area contributed by atoms with Crippen molar-refractivity contribution in [2.24, 2.45) is 0 Å². The lowest BCUT2D eigenvalue weighted by Crippen LogP contribution is -2.03. The summed E-state index contributed by atoms with van der Waals surface area (Å²) in [6.07, 6.45) is 0. The molecule has 230 valence electrons. The van der Waals surface area contributed by atoms with Gasteiger partial charge in [0.1, 0.15) is 0 Å². The van der Waals surface area contributed by atoms with Crippen LogP contribution in [0.3, 0.4) is 0 Å². The van der Waals surface area contributed by atoms with Gasteiger partial charge in [-0.05, 0) is 51.9 Å². The van der Waals surface area contributed by atoms with E-state index in [-0.39, 0.29) is 0 Å². The molecule has 4 nitrogen and oxygen atoms in total. The van der Waals surface area contributed by atoms with Crippen molar-refractivity contribution in [3.63, 3.8) is 0 Å². The van der Waals surface area contributed by atoms with E-state index in [0.29, 0.717) is 5.95 Å². The predicted octanol–water partition coefficient (Wildman–Crippen LogP) is 11.9. The van der Waals surface area contributed by atoms with E-state index in [1.807, 2.05) is 0 Å². The minimum absolute atomic E-state index is 0.670. The molecule has 0 saturated heterocycles. The monoisotopic (exact) mass is 634 g/mol. The number of rotatable bonds is 2. The molecule has 0 saturated carbocycles. The van der Waals surface area contributed by atoms with Gasteiger partial charge in [0, 0.05) is 43.3 Å². The first-order valence-corrected chi connectivity index (χ1v) is 17.1. The molecule has 0 N–H and O–H groups in total. The molecule has 0 fully saturated rings. The average molecular weight is 635 g/mol. The predicted molar refractivity (Wildman–Crippen MR) is 209 cm³/mol. The summed E-state index contributed by atoms with van der Waals surface area (Å²) < 4.78 is 4.76. The second-order valence-electron chi connectivity index (χ2n) is 13.3. The summed E-state index contributed by atoms with van der Waals surface area (Å²) in [6, 6.07) is 56.7. The van der Waals surface area contributed by atoms with Crippen LogP contribution in [0.4, 0.5) is 0 Å². The number of aromatic nitrogens is 4. The third-order valence-electron chi connectivity index (χ3n) is 10.8. The Morgan fingerprint density at radius 3 is 1.80 bits per heavy atom. The molecule has 12 rings (SSSR count). The summed E-state index contributed by atoms with van der Waals surface area (Å²) in [5.41, 5.74) is 8.86. The normalized spacial score (nSPS) is 12.4. The Labute approximate surface area is 285 Å². The van der Waals surface area contributed by atoms with E-state index in [4.69, 9.17) is 9.97 Å². The van der Waals surface area contributed by atoms with Crippen LogP contribution in [0.25, 0.3) is 110 Å². The first-order chi connectivity index (χ1) is 24.8. The van der Waals surface area contributed by atoms with E-state index in [9.17, 15) is 0 Å². The van der Waals surface area contributed by atoms with Crippen LogP contribution < -0.4 is 0 Å². The standard InChI is InChI=1S/C46H26N4/c1-2-13-29(14-3-1)44-40-30-15-6-4-11-27(30)21-23-35(40)47-46(48-44)50-38-24-22-28-12-5-7-16-31(28)41(38)43-39(50)26-25-37-42(43)34-19-10-18-33-32-17-8-9-20-36(32)49(37)45(33)34/h1-26H. The first kappa shape index (κ1) is 26.2. The van der Waals surface area contributed by atoms with Crippen molar-refractivity contribution >= 4 is 92.3 Å². The summed E-state index contributed by atoms with van der Waals surface area (Å²) in [6.45, 7) is 0. The zero-order chi connectivity index (χ0) is 32.5. The van der Waals surface area contributed by atoms with Crippen LogP contribution in [0.15, 0.2) is 158 Å². The van der Waals surface area contributed by atoms with Gasteiger partial charge >= 0.3 is 0 Å². The van der Waals surface area contributed by atoms with Crippen molar-refractivity contribution in [3.05, 3.63) is 158 Å². The van der Waals surface area contributed by atoms with E-state index >= 15 is 0 Å². The lowest BCUT2D eigenvalue weighted by atomic mass is 10.00. The Bertz CT molecular complexity index is 3370. The summed E-state index contributed by atoms with van der Waals surface area (Å²) in [5.74, 6) is 0.670. The van der Waals surface area contributed by atoms with E-state index in [1.54, 1.807) is 0 Å². The highest BCUT2D eigenvalue weighted by Gasteiger charge is 2.25. The molecule has 50 heavy (non-hydrogen) atoms. The molecule has 0 radical (unpaired) electrons. The molecule has 0 spiro atoms. The molecular formula is C46H26N4. The minimum Gasteiger partial charge on any atom is -0.308 e. The summed E-state index contributed by atoms with van der Waals surface area (Å²) in [4.78, 5) is 10.9.